The highest BCUT2D eigenvalue weighted by Gasteiger charge is 2.48. The fraction of sp³-hybridized carbons (Fsp3) is 0.0488. The van der Waals surface area contributed by atoms with Crippen LogP contribution >= 0.6 is 7.26 Å². The Labute approximate surface area is 275 Å². The molecule has 0 aliphatic rings. The lowest BCUT2D eigenvalue weighted by Gasteiger charge is -2.31. The minimum absolute atomic E-state index is 0. The van der Waals surface area contributed by atoms with Gasteiger partial charge in [0.1, 0.15) is 23.2 Å². The summed E-state index contributed by atoms with van der Waals surface area (Å²) in [6, 6.07) is 59.0. The third kappa shape index (κ3) is 5.71. The van der Waals surface area contributed by atoms with E-state index in [-0.39, 0.29) is 22.9 Å². The van der Waals surface area contributed by atoms with Crippen LogP contribution in [0.3, 0.4) is 0 Å². The standard InChI is InChI=1S/C41H32NOP.BrH/c1-30(43)42-38-27-25-32-17-11-13-23-36(32)40(38)41-37-24-14-12-18-33(37)26-28-39(41)44(34-19-7-3-8-20-34,35-21-9-4-10-22-35)29-31-15-5-2-6-16-31;/h2-28H,29H2,1H3;1H. The molecule has 7 rings (SSSR count). The molecule has 0 aromatic heterocycles. The molecule has 220 valence electrons. The average Bonchev–Trinajstić information content (AvgIpc) is 3.08. The van der Waals surface area contributed by atoms with Gasteiger partial charge in [0.05, 0.1) is 6.16 Å². The van der Waals surface area contributed by atoms with Gasteiger partial charge in [0.2, 0.25) is 5.91 Å². The van der Waals surface area contributed by atoms with Crippen molar-refractivity contribution in [2.75, 3.05) is 5.32 Å². The number of amides is 1. The molecule has 0 fully saturated rings. The predicted octanol–water partition coefficient (Wildman–Crippen LogP) is 6.12. The second kappa shape index (κ2) is 13.2. The third-order valence-electron chi connectivity index (χ3n) is 8.46. The molecule has 0 radical (unpaired) electrons. The van der Waals surface area contributed by atoms with Gasteiger partial charge in [0.15, 0.2) is 0 Å². The van der Waals surface area contributed by atoms with Gasteiger partial charge in [-0.1, -0.05) is 127 Å². The van der Waals surface area contributed by atoms with E-state index in [0.717, 1.165) is 28.2 Å². The van der Waals surface area contributed by atoms with Crippen LogP contribution in [0.5, 0.6) is 0 Å². The molecule has 7 aromatic carbocycles. The van der Waals surface area contributed by atoms with Crippen LogP contribution in [-0.4, -0.2) is 5.91 Å². The summed E-state index contributed by atoms with van der Waals surface area (Å²) in [6.45, 7) is 1.59. The molecular formula is C41H33BrNOP. The van der Waals surface area contributed by atoms with Gasteiger partial charge in [0, 0.05) is 23.7 Å². The van der Waals surface area contributed by atoms with Crippen molar-refractivity contribution in [3.63, 3.8) is 0 Å². The normalized spacial score (nSPS) is 11.2. The second-order valence-corrected chi connectivity index (χ2v) is 14.6. The van der Waals surface area contributed by atoms with Crippen molar-refractivity contribution in [1.29, 1.82) is 0 Å². The zero-order valence-electron chi connectivity index (χ0n) is 25.0. The van der Waals surface area contributed by atoms with Gasteiger partial charge in [-0.15, -0.1) is 0 Å². The smallest absolute Gasteiger partial charge is 0.221 e. The Hall–Kier alpha value is -4.56. The lowest BCUT2D eigenvalue weighted by Crippen LogP contribution is -3.00. The molecule has 0 unspecified atom stereocenters. The van der Waals surface area contributed by atoms with Gasteiger partial charge < -0.3 is 22.3 Å². The van der Waals surface area contributed by atoms with Crippen LogP contribution in [0, 0.1) is 0 Å². The number of nitrogens with one attached hydrogen (secondary N) is 1. The average molecular weight is 667 g/mol. The van der Waals surface area contributed by atoms with E-state index >= 15 is 0 Å². The number of halogens is 1. The van der Waals surface area contributed by atoms with Gasteiger partial charge in [-0.3, -0.25) is 4.79 Å². The Bertz CT molecular complexity index is 2060. The van der Waals surface area contributed by atoms with Gasteiger partial charge in [-0.25, -0.2) is 0 Å². The SMILES string of the molecule is CC(=O)Nc1ccc2ccccc2c1-c1c([P+](Cc2ccccc2)(c2ccccc2)c2ccccc2)ccc2ccccc12.[Br-]. The van der Waals surface area contributed by atoms with Crippen LogP contribution in [0.4, 0.5) is 5.69 Å². The molecule has 4 heteroatoms. The second-order valence-electron chi connectivity index (χ2n) is 11.2. The van der Waals surface area contributed by atoms with E-state index in [4.69, 9.17) is 0 Å². The van der Waals surface area contributed by atoms with E-state index in [1.54, 1.807) is 6.92 Å². The summed E-state index contributed by atoms with van der Waals surface area (Å²) in [4.78, 5) is 12.7. The molecular weight excluding hydrogens is 633 g/mol. The van der Waals surface area contributed by atoms with Crippen molar-refractivity contribution in [1.82, 2.24) is 0 Å². The van der Waals surface area contributed by atoms with Gasteiger partial charge in [-0.2, -0.15) is 0 Å². The molecule has 7 aromatic rings. The summed E-state index contributed by atoms with van der Waals surface area (Å²) in [5.41, 5.74) is 4.37. The number of carbonyl (C=O) groups is 1. The largest absolute Gasteiger partial charge is 1.00 e. The molecule has 2 nitrogen and oxygen atoms in total. The van der Waals surface area contributed by atoms with Crippen molar-refractivity contribution in [2.45, 2.75) is 13.1 Å². The molecule has 0 aliphatic carbocycles. The fourth-order valence-electron chi connectivity index (χ4n) is 6.59. The summed E-state index contributed by atoms with van der Waals surface area (Å²) in [6.07, 6.45) is 0.868. The summed E-state index contributed by atoms with van der Waals surface area (Å²) in [5, 5.41) is 11.8. The molecule has 0 saturated carbocycles. The first-order valence-electron chi connectivity index (χ1n) is 15.0. The van der Waals surface area contributed by atoms with Crippen molar-refractivity contribution in [3.8, 4) is 11.1 Å². The number of benzene rings is 7. The van der Waals surface area contributed by atoms with Crippen molar-refractivity contribution >= 4 is 56.3 Å². The van der Waals surface area contributed by atoms with Crippen molar-refractivity contribution < 1.29 is 21.8 Å². The number of rotatable bonds is 7. The van der Waals surface area contributed by atoms with E-state index in [1.165, 1.54) is 37.8 Å². The lowest BCUT2D eigenvalue weighted by atomic mass is 9.92. The van der Waals surface area contributed by atoms with Crippen LogP contribution in [0.25, 0.3) is 32.7 Å². The summed E-state index contributed by atoms with van der Waals surface area (Å²) in [7, 11) is -2.33. The number of carbonyl (C=O) groups excluding carboxylic acids is 1. The Kier molecular flexibility index (Phi) is 8.94. The monoisotopic (exact) mass is 665 g/mol. The topological polar surface area (TPSA) is 29.1 Å². The summed E-state index contributed by atoms with van der Waals surface area (Å²) >= 11 is 0. The zero-order chi connectivity index (χ0) is 29.9. The van der Waals surface area contributed by atoms with E-state index in [9.17, 15) is 4.79 Å². The lowest BCUT2D eigenvalue weighted by molar-refractivity contribution is -0.114. The minimum atomic E-state index is -2.33. The first kappa shape index (κ1) is 30.5. The molecule has 1 N–H and O–H groups in total. The van der Waals surface area contributed by atoms with Gasteiger partial charge in [0.25, 0.3) is 0 Å². The van der Waals surface area contributed by atoms with Crippen molar-refractivity contribution in [2.24, 2.45) is 0 Å². The highest BCUT2D eigenvalue weighted by molar-refractivity contribution is 7.95. The number of hydrogen-bond donors (Lipinski definition) is 1. The summed E-state index contributed by atoms with van der Waals surface area (Å²) < 4.78 is 0. The van der Waals surface area contributed by atoms with Crippen molar-refractivity contribution in [3.05, 3.63) is 169 Å². The Morgan fingerprint density at radius 1 is 0.533 bits per heavy atom. The van der Waals surface area contributed by atoms with Crippen LogP contribution in [0.15, 0.2) is 164 Å². The molecule has 45 heavy (non-hydrogen) atoms. The van der Waals surface area contributed by atoms with Crippen LogP contribution in [0.1, 0.15) is 12.5 Å². The quantitative estimate of drug-likeness (QED) is 0.205. The molecule has 0 saturated heterocycles. The molecule has 0 spiro atoms. The maximum atomic E-state index is 12.7. The Morgan fingerprint density at radius 2 is 1.00 bits per heavy atom. The van der Waals surface area contributed by atoms with E-state index in [0.29, 0.717) is 0 Å². The Morgan fingerprint density at radius 3 is 1.56 bits per heavy atom. The Balaban J connectivity index is 0.00000357. The van der Waals surface area contributed by atoms with E-state index < -0.39 is 7.26 Å². The van der Waals surface area contributed by atoms with E-state index in [2.05, 4.69) is 169 Å². The van der Waals surface area contributed by atoms with Crippen LogP contribution < -0.4 is 38.2 Å². The first-order valence-corrected chi connectivity index (χ1v) is 17.0. The molecule has 0 heterocycles. The minimum Gasteiger partial charge on any atom is -1.00 e. The molecule has 0 aliphatic heterocycles. The maximum Gasteiger partial charge on any atom is 0.221 e. The summed E-state index contributed by atoms with van der Waals surface area (Å²) in [5.74, 6) is -0.0835. The van der Waals surface area contributed by atoms with E-state index in [1.807, 2.05) is 0 Å². The fourth-order valence-corrected chi connectivity index (χ4v) is 11.0. The van der Waals surface area contributed by atoms with Crippen LogP contribution in [0.2, 0.25) is 0 Å². The molecule has 0 bridgehead atoms. The predicted molar refractivity (Wildman–Crippen MR) is 190 cm³/mol. The molecule has 1 amide bonds. The number of hydrogen-bond acceptors (Lipinski definition) is 1. The van der Waals surface area contributed by atoms with Gasteiger partial charge in [-0.05, 0) is 63.5 Å². The zero-order valence-corrected chi connectivity index (χ0v) is 27.5. The molecule has 0 atom stereocenters. The highest BCUT2D eigenvalue weighted by atomic mass is 79.9. The van der Waals surface area contributed by atoms with Gasteiger partial charge >= 0.3 is 0 Å². The number of anilines is 1. The first-order chi connectivity index (χ1) is 21.6. The van der Waals surface area contributed by atoms with Crippen LogP contribution in [-0.2, 0) is 11.0 Å². The third-order valence-corrected chi connectivity index (χ3v) is 12.9. The highest BCUT2D eigenvalue weighted by Crippen LogP contribution is 2.61. The number of fused-ring (bicyclic) bond motifs is 2. The maximum absolute atomic E-state index is 12.7.